The van der Waals surface area contributed by atoms with E-state index in [1.165, 1.54) is 11.3 Å². The molecular weight excluding hydrogens is 316 g/mol. The maximum absolute atomic E-state index is 10.8. The Kier molecular flexibility index (Phi) is 5.32. The van der Waals surface area contributed by atoms with Gasteiger partial charge in [0.2, 0.25) is 0 Å². The number of aromatic nitrogens is 1. The van der Waals surface area contributed by atoms with Gasteiger partial charge in [0.25, 0.3) is 5.96 Å². The van der Waals surface area contributed by atoms with Crippen LogP contribution < -0.4 is 0 Å². The quantitative estimate of drug-likeness (QED) is 0.603. The van der Waals surface area contributed by atoms with E-state index in [4.69, 9.17) is 11.6 Å². The lowest BCUT2D eigenvalue weighted by Gasteiger charge is -2.41. The highest BCUT2D eigenvalue weighted by Crippen LogP contribution is 2.21. The molecule has 1 aliphatic heterocycles. The average molecular weight is 333 g/mol. The fraction of sp³-hybridized carbons (Fsp3) is 0.636. The lowest BCUT2D eigenvalue weighted by molar-refractivity contribution is -0.486. The number of halogens is 1. The molecule has 1 saturated heterocycles. The van der Waals surface area contributed by atoms with E-state index in [9.17, 15) is 10.1 Å². The second kappa shape index (κ2) is 7.01. The maximum atomic E-state index is 10.8. The van der Waals surface area contributed by atoms with Gasteiger partial charge in [0.15, 0.2) is 9.50 Å². The number of hydrazone groups is 1. The van der Waals surface area contributed by atoms with Crippen molar-refractivity contribution in [2.45, 2.75) is 19.9 Å². The van der Waals surface area contributed by atoms with E-state index in [0.717, 1.165) is 17.8 Å². The van der Waals surface area contributed by atoms with Crippen molar-refractivity contribution in [3.63, 3.8) is 0 Å². The standard InChI is InChI=1S/C11H17ClN6O2S/c1-3-4-16-7-15(2)8-17(11(16)14-18(19)20)6-9-5-13-10(12)21-9/h5H,3-4,6-8H2,1-2H3. The van der Waals surface area contributed by atoms with E-state index in [0.29, 0.717) is 30.3 Å². The van der Waals surface area contributed by atoms with Crippen molar-refractivity contribution in [3.8, 4) is 0 Å². The first kappa shape index (κ1) is 15.9. The molecule has 21 heavy (non-hydrogen) atoms. The Labute approximate surface area is 131 Å². The van der Waals surface area contributed by atoms with Crippen molar-refractivity contribution in [2.24, 2.45) is 5.10 Å². The number of thiazole rings is 1. The van der Waals surface area contributed by atoms with Crippen LogP contribution in [0.1, 0.15) is 18.2 Å². The summed E-state index contributed by atoms with van der Waals surface area (Å²) in [6.07, 6.45) is 2.58. The lowest BCUT2D eigenvalue weighted by atomic mass is 10.4. The zero-order valence-electron chi connectivity index (χ0n) is 11.9. The molecule has 0 bridgehead atoms. The molecule has 0 amide bonds. The van der Waals surface area contributed by atoms with E-state index < -0.39 is 5.03 Å². The minimum Gasteiger partial charge on any atom is -0.324 e. The van der Waals surface area contributed by atoms with Crippen LogP contribution in [0.4, 0.5) is 0 Å². The molecule has 0 N–H and O–H groups in total. The molecule has 0 unspecified atom stereocenters. The summed E-state index contributed by atoms with van der Waals surface area (Å²) in [5.41, 5.74) is 0. The van der Waals surface area contributed by atoms with Crippen LogP contribution in [0, 0.1) is 10.1 Å². The van der Waals surface area contributed by atoms with Crippen molar-refractivity contribution in [3.05, 3.63) is 25.7 Å². The number of hydrogen-bond acceptors (Lipinski definition) is 5. The predicted octanol–water partition coefficient (Wildman–Crippen LogP) is 1.72. The largest absolute Gasteiger partial charge is 0.324 e. The van der Waals surface area contributed by atoms with Crippen molar-refractivity contribution in [2.75, 3.05) is 26.9 Å². The summed E-state index contributed by atoms with van der Waals surface area (Å²) in [5.74, 6) is 0.393. The highest BCUT2D eigenvalue weighted by molar-refractivity contribution is 7.15. The Hall–Kier alpha value is -1.45. The van der Waals surface area contributed by atoms with Gasteiger partial charge < -0.3 is 9.80 Å². The van der Waals surface area contributed by atoms with Gasteiger partial charge in [0, 0.05) is 17.6 Å². The molecule has 0 saturated carbocycles. The molecule has 0 radical (unpaired) electrons. The molecule has 1 aromatic heterocycles. The van der Waals surface area contributed by atoms with Crippen molar-refractivity contribution in [1.29, 1.82) is 0 Å². The van der Waals surface area contributed by atoms with Gasteiger partial charge in [0.05, 0.1) is 19.9 Å². The molecule has 10 heteroatoms. The highest BCUT2D eigenvalue weighted by Gasteiger charge is 2.29. The predicted molar refractivity (Wildman–Crippen MR) is 81.6 cm³/mol. The van der Waals surface area contributed by atoms with Crippen LogP contribution >= 0.6 is 22.9 Å². The highest BCUT2D eigenvalue weighted by atomic mass is 35.5. The SMILES string of the molecule is CCCN1CN(C)CN(Cc2cnc(Cl)s2)C1=N[N+](=O)[O-]. The molecule has 1 aliphatic rings. The summed E-state index contributed by atoms with van der Waals surface area (Å²) in [7, 11) is 1.97. The minimum atomic E-state index is -0.643. The smallest absolute Gasteiger partial charge is 0.276 e. The van der Waals surface area contributed by atoms with Gasteiger partial charge in [-0.1, -0.05) is 18.5 Å². The fourth-order valence-electron chi connectivity index (χ4n) is 2.26. The third-order valence-electron chi connectivity index (χ3n) is 2.93. The van der Waals surface area contributed by atoms with Crippen LogP contribution in [-0.2, 0) is 6.54 Å². The lowest BCUT2D eigenvalue weighted by Crippen LogP contribution is -2.57. The van der Waals surface area contributed by atoms with Crippen LogP contribution in [0.5, 0.6) is 0 Å². The van der Waals surface area contributed by atoms with E-state index in [-0.39, 0.29) is 0 Å². The number of nitro groups is 1. The first-order chi connectivity index (χ1) is 9.99. The number of guanidine groups is 1. The molecule has 0 spiro atoms. The van der Waals surface area contributed by atoms with Gasteiger partial charge in [-0.3, -0.25) is 4.90 Å². The monoisotopic (exact) mass is 332 g/mol. The van der Waals surface area contributed by atoms with Gasteiger partial charge in [-0.05, 0) is 13.5 Å². The number of nitrogens with zero attached hydrogens (tertiary/aromatic N) is 6. The zero-order valence-corrected chi connectivity index (χ0v) is 13.5. The maximum Gasteiger partial charge on any atom is 0.276 e. The van der Waals surface area contributed by atoms with Gasteiger partial charge in [-0.2, -0.15) is 0 Å². The van der Waals surface area contributed by atoms with Crippen molar-refractivity contribution in [1.82, 2.24) is 19.7 Å². The first-order valence-corrected chi connectivity index (χ1v) is 7.70. The molecule has 8 nitrogen and oxygen atoms in total. The zero-order chi connectivity index (χ0) is 15.4. The van der Waals surface area contributed by atoms with E-state index in [1.807, 2.05) is 23.8 Å². The van der Waals surface area contributed by atoms with Gasteiger partial charge >= 0.3 is 0 Å². The Morgan fingerprint density at radius 3 is 2.81 bits per heavy atom. The van der Waals surface area contributed by atoms with E-state index in [2.05, 4.69) is 15.0 Å². The molecule has 1 fully saturated rings. The molecule has 116 valence electrons. The summed E-state index contributed by atoms with van der Waals surface area (Å²) in [5, 5.41) is 13.7. The Morgan fingerprint density at radius 2 is 2.24 bits per heavy atom. The summed E-state index contributed by atoms with van der Waals surface area (Å²) >= 11 is 7.20. The minimum absolute atomic E-state index is 0.393. The van der Waals surface area contributed by atoms with Crippen LogP contribution in [-0.4, -0.2) is 57.6 Å². The third kappa shape index (κ3) is 4.26. The van der Waals surface area contributed by atoms with Crippen molar-refractivity contribution >= 4 is 28.9 Å². The molecular formula is C11H17ClN6O2S. The molecule has 1 aromatic rings. The molecule has 2 rings (SSSR count). The van der Waals surface area contributed by atoms with Crippen LogP contribution in [0.25, 0.3) is 0 Å². The molecule has 0 aromatic carbocycles. The van der Waals surface area contributed by atoms with Crippen molar-refractivity contribution < 1.29 is 5.03 Å². The van der Waals surface area contributed by atoms with Gasteiger partial charge in [-0.15, -0.1) is 11.3 Å². The molecule has 0 atom stereocenters. The third-order valence-corrected chi connectivity index (χ3v) is 4.03. The second-order valence-electron chi connectivity index (χ2n) is 4.82. The Balaban J connectivity index is 2.23. The molecule has 2 heterocycles. The number of hydrogen-bond donors (Lipinski definition) is 0. The van der Waals surface area contributed by atoms with Gasteiger partial charge in [-0.25, -0.2) is 15.1 Å². The van der Waals surface area contributed by atoms with Crippen LogP contribution in [0.2, 0.25) is 4.47 Å². The topological polar surface area (TPSA) is 78.1 Å². The second-order valence-corrected chi connectivity index (χ2v) is 6.51. The summed E-state index contributed by atoms with van der Waals surface area (Å²) in [6, 6.07) is 0. The van der Waals surface area contributed by atoms with E-state index in [1.54, 1.807) is 6.20 Å². The van der Waals surface area contributed by atoms with Gasteiger partial charge in [0.1, 0.15) is 5.10 Å². The Morgan fingerprint density at radius 1 is 1.52 bits per heavy atom. The fourth-order valence-corrected chi connectivity index (χ4v) is 3.25. The summed E-state index contributed by atoms with van der Waals surface area (Å²) in [4.78, 5) is 21.6. The average Bonchev–Trinajstić information content (AvgIpc) is 2.79. The molecule has 0 aliphatic carbocycles. The van der Waals surface area contributed by atoms with Crippen LogP contribution in [0.15, 0.2) is 11.3 Å². The summed E-state index contributed by atoms with van der Waals surface area (Å²) < 4.78 is 0.466. The first-order valence-electron chi connectivity index (χ1n) is 6.51. The summed E-state index contributed by atoms with van der Waals surface area (Å²) in [6.45, 7) is 4.45. The Bertz CT molecular complexity index is 537. The van der Waals surface area contributed by atoms with E-state index >= 15 is 0 Å². The van der Waals surface area contributed by atoms with Crippen LogP contribution in [0.3, 0.4) is 0 Å². The normalized spacial score (nSPS) is 18.5. The number of rotatable bonds is 5.